The van der Waals surface area contributed by atoms with Gasteiger partial charge in [-0.25, -0.2) is 0 Å². The molecule has 15 heavy (non-hydrogen) atoms. The molecule has 0 unspecified atom stereocenters. The lowest BCUT2D eigenvalue weighted by molar-refractivity contribution is 0.0830. The molecule has 1 aromatic rings. The van der Waals surface area contributed by atoms with Crippen molar-refractivity contribution >= 4 is 0 Å². The highest BCUT2D eigenvalue weighted by Crippen LogP contribution is 2.24. The van der Waals surface area contributed by atoms with Crippen molar-refractivity contribution in [1.29, 1.82) is 0 Å². The molecule has 2 rings (SSSR count). The van der Waals surface area contributed by atoms with Crippen LogP contribution >= 0.6 is 0 Å². The number of aromatic nitrogens is 2. The lowest BCUT2D eigenvalue weighted by Gasteiger charge is -2.18. The van der Waals surface area contributed by atoms with Crippen molar-refractivity contribution in [2.24, 2.45) is 0 Å². The Labute approximate surface area is 89.2 Å². The smallest absolute Gasteiger partial charge is 0.240 e. The molecular formula is C10H17N3O2. The third-order valence-corrected chi connectivity index (χ3v) is 2.60. The van der Waals surface area contributed by atoms with Crippen molar-refractivity contribution in [3.63, 3.8) is 0 Å². The van der Waals surface area contributed by atoms with Crippen LogP contribution in [0.1, 0.15) is 37.4 Å². The van der Waals surface area contributed by atoms with Crippen molar-refractivity contribution < 1.29 is 9.26 Å². The van der Waals surface area contributed by atoms with E-state index in [4.69, 9.17) is 9.26 Å². The fraction of sp³-hybridized carbons (Fsp3) is 0.800. The maximum atomic E-state index is 5.29. The number of ether oxygens (including phenoxy) is 1. The van der Waals surface area contributed by atoms with Crippen LogP contribution in [0, 0.1) is 0 Å². The Bertz CT molecular complexity index is 295. The van der Waals surface area contributed by atoms with E-state index < -0.39 is 0 Å². The molecule has 1 N–H and O–H groups in total. The number of nitrogens with zero attached hydrogens (tertiary/aromatic N) is 2. The lowest BCUT2D eigenvalue weighted by Crippen LogP contribution is -2.15. The van der Waals surface area contributed by atoms with Gasteiger partial charge in [0.05, 0.1) is 6.54 Å². The van der Waals surface area contributed by atoms with Gasteiger partial charge < -0.3 is 14.6 Å². The van der Waals surface area contributed by atoms with Crippen molar-refractivity contribution in [3.05, 3.63) is 11.7 Å². The summed E-state index contributed by atoms with van der Waals surface area (Å²) in [6.07, 6.45) is 2.00. The summed E-state index contributed by atoms with van der Waals surface area (Å²) in [6.45, 7) is 5.24. The number of rotatable bonds is 4. The molecule has 84 valence electrons. The molecule has 2 heterocycles. The topological polar surface area (TPSA) is 60.2 Å². The van der Waals surface area contributed by atoms with Gasteiger partial charge >= 0.3 is 0 Å². The zero-order valence-corrected chi connectivity index (χ0v) is 9.03. The second-order valence-electron chi connectivity index (χ2n) is 3.71. The van der Waals surface area contributed by atoms with Crippen LogP contribution in [0.4, 0.5) is 0 Å². The maximum Gasteiger partial charge on any atom is 0.240 e. The first kappa shape index (κ1) is 10.6. The highest BCUT2D eigenvalue weighted by Gasteiger charge is 2.20. The van der Waals surface area contributed by atoms with E-state index in [-0.39, 0.29) is 0 Å². The van der Waals surface area contributed by atoms with Crippen LogP contribution in [-0.4, -0.2) is 29.9 Å². The van der Waals surface area contributed by atoms with Crippen LogP contribution in [0.5, 0.6) is 0 Å². The first-order chi connectivity index (χ1) is 7.40. The second kappa shape index (κ2) is 5.23. The molecular weight excluding hydrogens is 194 g/mol. The Kier molecular flexibility index (Phi) is 3.69. The highest BCUT2D eigenvalue weighted by atomic mass is 16.5. The molecule has 1 aliphatic rings. The fourth-order valence-electron chi connectivity index (χ4n) is 1.69. The van der Waals surface area contributed by atoms with Gasteiger partial charge in [0.2, 0.25) is 5.89 Å². The zero-order chi connectivity index (χ0) is 10.5. The minimum Gasteiger partial charge on any atom is -0.381 e. The molecule has 0 spiro atoms. The molecule has 0 radical (unpaired) electrons. The van der Waals surface area contributed by atoms with Crippen LogP contribution in [0.2, 0.25) is 0 Å². The molecule has 1 aliphatic heterocycles. The van der Waals surface area contributed by atoms with Crippen molar-refractivity contribution in [1.82, 2.24) is 15.5 Å². The predicted octanol–water partition coefficient (Wildman–Crippen LogP) is 1.07. The minimum atomic E-state index is 0.415. The molecule has 0 bridgehead atoms. The summed E-state index contributed by atoms with van der Waals surface area (Å²) < 4.78 is 10.4. The monoisotopic (exact) mass is 211 g/mol. The van der Waals surface area contributed by atoms with Crippen LogP contribution in [0.25, 0.3) is 0 Å². The normalized spacial score (nSPS) is 18.2. The Balaban J connectivity index is 1.93. The summed E-state index contributed by atoms with van der Waals surface area (Å²) in [5.41, 5.74) is 0. The van der Waals surface area contributed by atoms with E-state index in [0.29, 0.717) is 18.4 Å². The van der Waals surface area contributed by atoms with Crippen LogP contribution in [0.3, 0.4) is 0 Å². The molecule has 0 amide bonds. The first-order valence-electron chi connectivity index (χ1n) is 5.51. The first-order valence-corrected chi connectivity index (χ1v) is 5.51. The molecule has 1 aromatic heterocycles. The van der Waals surface area contributed by atoms with Gasteiger partial charge in [-0.05, 0) is 19.4 Å². The number of nitrogens with one attached hydrogen (secondary N) is 1. The predicted molar refractivity (Wildman–Crippen MR) is 54.5 cm³/mol. The van der Waals surface area contributed by atoms with Crippen molar-refractivity contribution in [3.8, 4) is 0 Å². The summed E-state index contributed by atoms with van der Waals surface area (Å²) in [6, 6.07) is 0. The van der Waals surface area contributed by atoms with E-state index in [2.05, 4.69) is 22.4 Å². The fourth-order valence-corrected chi connectivity index (χ4v) is 1.69. The molecule has 1 saturated heterocycles. The van der Waals surface area contributed by atoms with E-state index in [9.17, 15) is 0 Å². The molecule has 1 fully saturated rings. The highest BCUT2D eigenvalue weighted by molar-refractivity contribution is 4.96. The van der Waals surface area contributed by atoms with E-state index >= 15 is 0 Å². The van der Waals surface area contributed by atoms with Gasteiger partial charge in [0.15, 0.2) is 5.82 Å². The van der Waals surface area contributed by atoms with Crippen molar-refractivity contribution in [2.45, 2.75) is 32.2 Å². The zero-order valence-electron chi connectivity index (χ0n) is 9.03. The van der Waals surface area contributed by atoms with Gasteiger partial charge in [0.1, 0.15) is 0 Å². The maximum absolute atomic E-state index is 5.29. The van der Waals surface area contributed by atoms with Gasteiger partial charge in [0.25, 0.3) is 0 Å². The van der Waals surface area contributed by atoms with E-state index in [1.165, 1.54) is 0 Å². The Morgan fingerprint density at radius 2 is 2.20 bits per heavy atom. The minimum absolute atomic E-state index is 0.415. The molecule has 0 atom stereocenters. The number of hydrogen-bond acceptors (Lipinski definition) is 5. The SMILES string of the molecule is CCNCc1nc(C2CCOCC2)no1. The summed E-state index contributed by atoms with van der Waals surface area (Å²) in [4.78, 5) is 4.38. The van der Waals surface area contributed by atoms with Crippen LogP contribution < -0.4 is 5.32 Å². The summed E-state index contributed by atoms with van der Waals surface area (Å²) in [5, 5.41) is 7.17. The van der Waals surface area contributed by atoms with E-state index in [0.717, 1.165) is 38.4 Å². The Hall–Kier alpha value is -0.940. The average Bonchev–Trinajstić information content (AvgIpc) is 2.76. The lowest BCUT2D eigenvalue weighted by atomic mass is 10.00. The van der Waals surface area contributed by atoms with Gasteiger partial charge in [-0.15, -0.1) is 0 Å². The summed E-state index contributed by atoms with van der Waals surface area (Å²) >= 11 is 0. The van der Waals surface area contributed by atoms with Crippen LogP contribution in [0.15, 0.2) is 4.52 Å². The van der Waals surface area contributed by atoms with E-state index in [1.807, 2.05) is 0 Å². The number of hydrogen-bond donors (Lipinski definition) is 1. The standard InChI is InChI=1S/C10H17N3O2/c1-2-11-7-9-12-10(13-15-9)8-3-5-14-6-4-8/h8,11H,2-7H2,1H3. The third-order valence-electron chi connectivity index (χ3n) is 2.60. The Morgan fingerprint density at radius 1 is 1.40 bits per heavy atom. The Morgan fingerprint density at radius 3 is 2.93 bits per heavy atom. The van der Waals surface area contributed by atoms with Gasteiger partial charge in [-0.1, -0.05) is 12.1 Å². The molecule has 0 saturated carbocycles. The van der Waals surface area contributed by atoms with Gasteiger partial charge in [0, 0.05) is 19.1 Å². The summed E-state index contributed by atoms with van der Waals surface area (Å²) in [7, 11) is 0. The van der Waals surface area contributed by atoms with Crippen molar-refractivity contribution in [2.75, 3.05) is 19.8 Å². The van der Waals surface area contributed by atoms with Crippen LogP contribution in [-0.2, 0) is 11.3 Å². The average molecular weight is 211 g/mol. The summed E-state index contributed by atoms with van der Waals surface area (Å²) in [5.74, 6) is 1.93. The molecule has 5 heteroatoms. The molecule has 0 aliphatic carbocycles. The second-order valence-corrected chi connectivity index (χ2v) is 3.71. The van der Waals surface area contributed by atoms with E-state index in [1.54, 1.807) is 0 Å². The largest absolute Gasteiger partial charge is 0.381 e. The van der Waals surface area contributed by atoms with Gasteiger partial charge in [-0.2, -0.15) is 4.98 Å². The van der Waals surface area contributed by atoms with Gasteiger partial charge in [-0.3, -0.25) is 0 Å². The third kappa shape index (κ3) is 2.76. The molecule has 5 nitrogen and oxygen atoms in total. The molecule has 0 aromatic carbocycles. The quantitative estimate of drug-likeness (QED) is 0.807.